The molecule has 1 aromatic rings. The van der Waals surface area contributed by atoms with Crippen molar-refractivity contribution in [3.63, 3.8) is 0 Å². The third-order valence-corrected chi connectivity index (χ3v) is 7.49. The van der Waals surface area contributed by atoms with Crippen LogP contribution < -0.4 is 0 Å². The molecule has 0 N–H and O–H groups in total. The lowest BCUT2D eigenvalue weighted by atomic mass is 9.96. The Morgan fingerprint density at radius 2 is 1.50 bits per heavy atom. The van der Waals surface area contributed by atoms with Gasteiger partial charge in [-0.3, -0.25) is 4.79 Å². The summed E-state index contributed by atoms with van der Waals surface area (Å²) in [4.78, 5) is 13.9. The van der Waals surface area contributed by atoms with Gasteiger partial charge in [-0.1, -0.05) is 25.0 Å². The lowest BCUT2D eigenvalue weighted by molar-refractivity contribution is -0.140. The van der Waals surface area contributed by atoms with Crippen LogP contribution in [0.4, 0.5) is 13.2 Å². The van der Waals surface area contributed by atoms with Gasteiger partial charge in [0.25, 0.3) is 0 Å². The first-order valence-electron chi connectivity index (χ1n) is 9.66. The van der Waals surface area contributed by atoms with Crippen LogP contribution in [0, 0.1) is 5.92 Å². The molecule has 3 rings (SSSR count). The first-order valence-corrected chi connectivity index (χ1v) is 11.1. The molecule has 0 saturated carbocycles. The second-order valence-electron chi connectivity index (χ2n) is 7.41. The van der Waals surface area contributed by atoms with Crippen molar-refractivity contribution in [2.75, 3.05) is 26.2 Å². The van der Waals surface area contributed by atoms with Crippen molar-refractivity contribution in [1.82, 2.24) is 9.21 Å². The van der Waals surface area contributed by atoms with Gasteiger partial charge in [0.15, 0.2) is 0 Å². The van der Waals surface area contributed by atoms with Gasteiger partial charge in [-0.2, -0.15) is 17.5 Å². The highest BCUT2D eigenvalue weighted by Crippen LogP contribution is 2.36. The maximum atomic E-state index is 13.2. The monoisotopic (exact) mass is 418 g/mol. The number of carbonyl (C=O) groups is 1. The average Bonchev–Trinajstić information content (AvgIpc) is 2.96. The summed E-state index contributed by atoms with van der Waals surface area (Å²) in [5.74, 6) is -0.211. The number of nitrogens with zero attached hydrogens (tertiary/aromatic N) is 2. The highest BCUT2D eigenvalue weighted by molar-refractivity contribution is 7.89. The molecule has 0 bridgehead atoms. The SMILES string of the molecule is O=C(C1CCN(S(=O)(=O)c2ccccc2C(F)(F)F)CC1)N1CCCCCC1. The molecule has 1 aromatic carbocycles. The molecule has 0 unspecified atom stereocenters. The average molecular weight is 418 g/mol. The molecule has 0 spiro atoms. The molecular weight excluding hydrogens is 393 g/mol. The maximum absolute atomic E-state index is 13.2. The molecule has 2 fully saturated rings. The molecule has 0 atom stereocenters. The van der Waals surface area contributed by atoms with Crippen molar-refractivity contribution >= 4 is 15.9 Å². The topological polar surface area (TPSA) is 57.7 Å². The maximum Gasteiger partial charge on any atom is 0.417 e. The van der Waals surface area contributed by atoms with E-state index < -0.39 is 26.7 Å². The van der Waals surface area contributed by atoms with E-state index in [1.807, 2.05) is 4.90 Å². The Labute approximate surface area is 163 Å². The number of sulfonamides is 1. The zero-order valence-electron chi connectivity index (χ0n) is 15.6. The molecule has 5 nitrogen and oxygen atoms in total. The van der Waals surface area contributed by atoms with E-state index in [1.165, 1.54) is 12.1 Å². The van der Waals surface area contributed by atoms with E-state index in [-0.39, 0.29) is 24.9 Å². The standard InChI is InChI=1S/C19H25F3N2O3S/c20-19(21,22)16-7-3-4-8-17(16)28(26,27)24-13-9-15(10-14-24)18(25)23-11-5-1-2-6-12-23/h3-4,7-8,15H,1-2,5-6,9-14H2. The van der Waals surface area contributed by atoms with Gasteiger partial charge in [0.1, 0.15) is 0 Å². The van der Waals surface area contributed by atoms with Crippen LogP contribution in [-0.2, 0) is 21.0 Å². The first-order chi connectivity index (χ1) is 13.2. The molecule has 2 saturated heterocycles. The minimum absolute atomic E-state index is 0.0506. The number of piperidine rings is 1. The lowest BCUT2D eigenvalue weighted by Gasteiger charge is -2.33. The van der Waals surface area contributed by atoms with Crippen LogP contribution in [0.2, 0.25) is 0 Å². The fourth-order valence-electron chi connectivity index (χ4n) is 3.96. The van der Waals surface area contributed by atoms with Gasteiger partial charge < -0.3 is 4.90 Å². The van der Waals surface area contributed by atoms with Crippen LogP contribution in [-0.4, -0.2) is 49.7 Å². The summed E-state index contributed by atoms with van der Waals surface area (Å²) in [5, 5.41) is 0. The van der Waals surface area contributed by atoms with Gasteiger partial charge in [0.05, 0.1) is 10.5 Å². The summed E-state index contributed by atoms with van der Waals surface area (Å²) >= 11 is 0. The Morgan fingerprint density at radius 3 is 2.07 bits per heavy atom. The van der Waals surface area contributed by atoms with Crippen molar-refractivity contribution in [3.05, 3.63) is 29.8 Å². The van der Waals surface area contributed by atoms with Gasteiger partial charge in [0.2, 0.25) is 15.9 Å². The summed E-state index contributed by atoms with van der Waals surface area (Å²) in [7, 11) is -4.27. The van der Waals surface area contributed by atoms with Crippen molar-refractivity contribution in [2.24, 2.45) is 5.92 Å². The lowest BCUT2D eigenvalue weighted by Crippen LogP contribution is -2.44. The van der Waals surface area contributed by atoms with Gasteiger partial charge in [-0.25, -0.2) is 8.42 Å². The normalized spacial score (nSPS) is 20.8. The van der Waals surface area contributed by atoms with Gasteiger partial charge in [-0.05, 0) is 37.8 Å². The minimum atomic E-state index is -4.75. The van der Waals surface area contributed by atoms with Crippen LogP contribution >= 0.6 is 0 Å². The Balaban J connectivity index is 1.70. The number of likely N-dealkylation sites (tertiary alicyclic amines) is 1. The number of halogens is 3. The Morgan fingerprint density at radius 1 is 0.929 bits per heavy atom. The summed E-state index contributed by atoms with van der Waals surface area (Å²) in [5.41, 5.74) is -1.15. The summed E-state index contributed by atoms with van der Waals surface area (Å²) in [6.45, 7) is 1.57. The quantitative estimate of drug-likeness (QED) is 0.755. The third kappa shape index (κ3) is 4.51. The molecule has 2 aliphatic heterocycles. The number of alkyl halides is 3. The largest absolute Gasteiger partial charge is 0.417 e. The second-order valence-corrected chi connectivity index (χ2v) is 9.32. The highest BCUT2D eigenvalue weighted by atomic mass is 32.2. The molecule has 0 aliphatic carbocycles. The number of rotatable bonds is 3. The number of carbonyl (C=O) groups excluding carboxylic acids is 1. The number of benzene rings is 1. The molecule has 2 aliphatic rings. The van der Waals surface area contributed by atoms with E-state index in [4.69, 9.17) is 0 Å². The van der Waals surface area contributed by atoms with Crippen molar-refractivity contribution < 1.29 is 26.4 Å². The Bertz CT molecular complexity index is 795. The first kappa shape index (κ1) is 21.1. The van der Waals surface area contributed by atoms with Crippen LogP contribution in [0.1, 0.15) is 44.1 Å². The number of hydrogen-bond donors (Lipinski definition) is 0. The van der Waals surface area contributed by atoms with Crippen LogP contribution in [0.25, 0.3) is 0 Å². The van der Waals surface area contributed by atoms with E-state index in [1.54, 1.807) is 0 Å². The van der Waals surface area contributed by atoms with E-state index in [2.05, 4.69) is 0 Å². The zero-order chi connectivity index (χ0) is 20.4. The molecule has 156 valence electrons. The van der Waals surface area contributed by atoms with Crippen LogP contribution in [0.3, 0.4) is 0 Å². The number of hydrogen-bond acceptors (Lipinski definition) is 3. The van der Waals surface area contributed by atoms with E-state index >= 15 is 0 Å². The van der Waals surface area contributed by atoms with E-state index in [0.29, 0.717) is 12.8 Å². The summed E-state index contributed by atoms with van der Waals surface area (Å²) in [6, 6.07) is 4.24. The predicted octanol–water partition coefficient (Wildman–Crippen LogP) is 3.51. The summed E-state index contributed by atoms with van der Waals surface area (Å²) < 4.78 is 66.4. The zero-order valence-corrected chi connectivity index (χ0v) is 16.4. The molecule has 0 radical (unpaired) electrons. The molecule has 2 heterocycles. The van der Waals surface area contributed by atoms with E-state index in [9.17, 15) is 26.4 Å². The second kappa shape index (κ2) is 8.41. The predicted molar refractivity (Wildman–Crippen MR) is 98.0 cm³/mol. The number of amides is 1. The summed E-state index contributed by atoms with van der Waals surface area (Å²) in [6.07, 6.45) is 0.106. The molecule has 9 heteroatoms. The fourth-order valence-corrected chi connectivity index (χ4v) is 5.64. The van der Waals surface area contributed by atoms with E-state index in [0.717, 1.165) is 55.2 Å². The van der Waals surface area contributed by atoms with Crippen molar-refractivity contribution in [1.29, 1.82) is 0 Å². The van der Waals surface area contributed by atoms with Gasteiger partial charge >= 0.3 is 6.18 Å². The van der Waals surface area contributed by atoms with Crippen molar-refractivity contribution in [3.8, 4) is 0 Å². The minimum Gasteiger partial charge on any atom is -0.342 e. The molecule has 28 heavy (non-hydrogen) atoms. The highest BCUT2D eigenvalue weighted by Gasteiger charge is 2.40. The fraction of sp³-hybridized carbons (Fsp3) is 0.632. The van der Waals surface area contributed by atoms with Crippen LogP contribution in [0.5, 0.6) is 0 Å². The molecule has 1 amide bonds. The van der Waals surface area contributed by atoms with Gasteiger partial charge in [-0.15, -0.1) is 0 Å². The smallest absolute Gasteiger partial charge is 0.342 e. The third-order valence-electron chi connectivity index (χ3n) is 5.53. The van der Waals surface area contributed by atoms with Crippen molar-refractivity contribution in [2.45, 2.75) is 49.6 Å². The molecule has 0 aromatic heterocycles. The van der Waals surface area contributed by atoms with Crippen LogP contribution in [0.15, 0.2) is 29.2 Å². The Kier molecular flexibility index (Phi) is 6.34. The molecular formula is C19H25F3N2O3S. The Hall–Kier alpha value is -1.61. The van der Waals surface area contributed by atoms with Gasteiger partial charge in [0, 0.05) is 32.1 Å².